The van der Waals surface area contributed by atoms with Gasteiger partial charge in [-0.05, 0) is 42.1 Å². The van der Waals surface area contributed by atoms with Gasteiger partial charge >= 0.3 is 0 Å². The lowest BCUT2D eigenvalue weighted by Gasteiger charge is -2.13. The van der Waals surface area contributed by atoms with E-state index < -0.39 is 16.1 Å². The summed E-state index contributed by atoms with van der Waals surface area (Å²) in [5, 5.41) is 11.3. The summed E-state index contributed by atoms with van der Waals surface area (Å²) >= 11 is 6.82. The minimum absolute atomic E-state index is 0.0623. The van der Waals surface area contributed by atoms with Gasteiger partial charge in [-0.2, -0.15) is 0 Å². The molecule has 0 unspecified atom stereocenters. The van der Waals surface area contributed by atoms with E-state index in [9.17, 15) is 19.7 Å². The number of ether oxygens (including phenoxy) is 1. The lowest BCUT2D eigenvalue weighted by Crippen LogP contribution is -2.32. The average Bonchev–Trinajstić information content (AvgIpc) is 3.35. The maximum Gasteiger partial charge on any atom is 0.293 e. The third-order valence-corrected chi connectivity index (χ3v) is 5.77. The van der Waals surface area contributed by atoms with Crippen LogP contribution in [0.5, 0.6) is 5.75 Å². The van der Waals surface area contributed by atoms with Crippen molar-refractivity contribution in [3.05, 3.63) is 86.5 Å². The van der Waals surface area contributed by atoms with Crippen LogP contribution in [-0.2, 0) is 4.79 Å². The van der Waals surface area contributed by atoms with Gasteiger partial charge in [0, 0.05) is 12.1 Å². The van der Waals surface area contributed by atoms with Crippen LogP contribution in [0.25, 0.3) is 17.4 Å². The van der Waals surface area contributed by atoms with Crippen molar-refractivity contribution < 1.29 is 23.7 Å². The van der Waals surface area contributed by atoms with Gasteiger partial charge in [0.05, 0.1) is 27.0 Å². The number of halogens is 1. The third kappa shape index (κ3) is 4.53. The molecule has 1 fully saturated rings. The molecule has 8 nitrogen and oxygen atoms in total. The predicted octanol–water partition coefficient (Wildman–Crippen LogP) is 5.62. The Balaban J connectivity index is 1.45. The Morgan fingerprint density at radius 3 is 2.62 bits per heavy atom. The molecule has 0 saturated carbocycles. The van der Waals surface area contributed by atoms with Crippen LogP contribution in [0.15, 0.2) is 70.0 Å². The first kappa shape index (κ1) is 21.7. The fourth-order valence-corrected chi connectivity index (χ4v) is 4.08. The smallest absolute Gasteiger partial charge is 0.293 e. The maximum absolute atomic E-state index is 12.7. The van der Waals surface area contributed by atoms with Crippen molar-refractivity contribution >= 4 is 46.3 Å². The molecule has 0 radical (unpaired) electrons. The fourth-order valence-electron chi connectivity index (χ4n) is 3.05. The standard InChI is InChI=1S/C22H15ClN2O6S/c23-16-6-2-4-8-19(16)30-12-11-24-21(26)20(32-22(24)27)13-14-9-10-18(31-14)15-5-1-3-7-17(15)25(28)29/h1-10,13H,11-12H2/b20-13-. The summed E-state index contributed by atoms with van der Waals surface area (Å²) < 4.78 is 11.2. The van der Waals surface area contributed by atoms with Crippen LogP contribution in [0.3, 0.4) is 0 Å². The van der Waals surface area contributed by atoms with Crippen molar-refractivity contribution in [2.75, 3.05) is 13.2 Å². The van der Waals surface area contributed by atoms with Crippen molar-refractivity contribution in [1.29, 1.82) is 0 Å². The van der Waals surface area contributed by atoms with E-state index in [-0.39, 0.29) is 29.5 Å². The summed E-state index contributed by atoms with van der Waals surface area (Å²) in [4.78, 5) is 36.9. The van der Waals surface area contributed by atoms with E-state index in [1.54, 1.807) is 54.6 Å². The molecule has 162 valence electrons. The number of hydrogen-bond donors (Lipinski definition) is 0. The predicted molar refractivity (Wildman–Crippen MR) is 120 cm³/mol. The van der Waals surface area contributed by atoms with Crippen LogP contribution in [0.1, 0.15) is 5.76 Å². The molecule has 4 rings (SSSR count). The number of furan rings is 1. The number of benzene rings is 2. The lowest BCUT2D eigenvalue weighted by molar-refractivity contribution is -0.384. The number of nitro benzene ring substituents is 1. The molecule has 1 aromatic heterocycles. The quantitative estimate of drug-likeness (QED) is 0.250. The minimum Gasteiger partial charge on any atom is -0.490 e. The Morgan fingerprint density at radius 1 is 1.09 bits per heavy atom. The van der Waals surface area contributed by atoms with Gasteiger partial charge in [0.1, 0.15) is 23.9 Å². The van der Waals surface area contributed by atoms with Crippen LogP contribution in [-0.4, -0.2) is 34.1 Å². The number of carbonyl (C=O) groups excluding carboxylic acids is 2. The number of imide groups is 1. The van der Waals surface area contributed by atoms with Crippen molar-refractivity contribution in [2.24, 2.45) is 0 Å². The normalized spacial score (nSPS) is 14.9. The van der Waals surface area contributed by atoms with Gasteiger partial charge in [-0.25, -0.2) is 0 Å². The summed E-state index contributed by atoms with van der Waals surface area (Å²) in [6.45, 7) is 0.157. The Morgan fingerprint density at radius 2 is 1.84 bits per heavy atom. The number of amides is 2. The largest absolute Gasteiger partial charge is 0.490 e. The number of carbonyl (C=O) groups is 2. The summed E-state index contributed by atoms with van der Waals surface area (Å²) in [6.07, 6.45) is 1.44. The van der Waals surface area contributed by atoms with E-state index in [1.165, 1.54) is 12.1 Å². The highest BCUT2D eigenvalue weighted by Gasteiger charge is 2.35. The Labute approximate surface area is 191 Å². The highest BCUT2D eigenvalue weighted by atomic mass is 35.5. The molecular weight excluding hydrogens is 456 g/mol. The molecular formula is C22H15ClN2O6S. The monoisotopic (exact) mass is 470 g/mol. The van der Waals surface area contributed by atoms with Gasteiger partial charge in [-0.1, -0.05) is 35.9 Å². The molecule has 1 aliphatic heterocycles. The molecule has 2 heterocycles. The van der Waals surface area contributed by atoms with Crippen LogP contribution < -0.4 is 4.74 Å². The van der Waals surface area contributed by atoms with Crippen molar-refractivity contribution in [1.82, 2.24) is 4.90 Å². The average molecular weight is 471 g/mol. The summed E-state index contributed by atoms with van der Waals surface area (Å²) in [7, 11) is 0. The maximum atomic E-state index is 12.7. The summed E-state index contributed by atoms with van der Waals surface area (Å²) in [5.74, 6) is 0.591. The van der Waals surface area contributed by atoms with Gasteiger partial charge in [0.2, 0.25) is 0 Å². The number of thioether (sulfide) groups is 1. The first-order valence-electron chi connectivity index (χ1n) is 9.40. The van der Waals surface area contributed by atoms with Gasteiger partial charge in [0.25, 0.3) is 16.8 Å². The number of nitrogens with zero attached hydrogens (tertiary/aromatic N) is 2. The first-order chi connectivity index (χ1) is 15.4. The van der Waals surface area contributed by atoms with E-state index in [0.717, 1.165) is 16.7 Å². The topological polar surface area (TPSA) is 103 Å². The van der Waals surface area contributed by atoms with Crippen LogP contribution >= 0.6 is 23.4 Å². The molecule has 1 aliphatic rings. The number of para-hydroxylation sites is 2. The molecule has 0 aliphatic carbocycles. The van der Waals surface area contributed by atoms with E-state index in [1.807, 2.05) is 0 Å². The van der Waals surface area contributed by atoms with Crippen molar-refractivity contribution in [3.63, 3.8) is 0 Å². The van der Waals surface area contributed by atoms with Gasteiger partial charge in [0.15, 0.2) is 0 Å². The molecule has 2 aromatic carbocycles. The van der Waals surface area contributed by atoms with E-state index in [2.05, 4.69) is 0 Å². The molecule has 0 spiro atoms. The molecule has 1 saturated heterocycles. The molecule has 3 aromatic rings. The second-order valence-corrected chi connectivity index (χ2v) is 7.99. The number of rotatable bonds is 7. The lowest BCUT2D eigenvalue weighted by atomic mass is 10.1. The summed E-state index contributed by atoms with van der Waals surface area (Å²) in [6, 6.07) is 16.3. The molecule has 32 heavy (non-hydrogen) atoms. The molecule has 0 N–H and O–H groups in total. The second-order valence-electron chi connectivity index (χ2n) is 6.59. The fraction of sp³-hybridized carbons (Fsp3) is 0.0909. The van der Waals surface area contributed by atoms with Crippen molar-refractivity contribution in [2.45, 2.75) is 0 Å². The van der Waals surface area contributed by atoms with Gasteiger partial charge in [-0.3, -0.25) is 24.6 Å². The summed E-state index contributed by atoms with van der Waals surface area (Å²) in [5.41, 5.74) is 0.231. The van der Waals surface area contributed by atoms with E-state index in [4.69, 9.17) is 20.8 Å². The Kier molecular flexibility index (Phi) is 6.29. The van der Waals surface area contributed by atoms with Gasteiger partial charge < -0.3 is 9.15 Å². The van der Waals surface area contributed by atoms with E-state index in [0.29, 0.717) is 22.1 Å². The van der Waals surface area contributed by atoms with Crippen LogP contribution in [0.4, 0.5) is 10.5 Å². The van der Waals surface area contributed by atoms with Gasteiger partial charge in [-0.15, -0.1) is 0 Å². The zero-order chi connectivity index (χ0) is 22.7. The molecule has 0 atom stereocenters. The zero-order valence-electron chi connectivity index (χ0n) is 16.4. The Bertz CT molecular complexity index is 1240. The van der Waals surface area contributed by atoms with E-state index >= 15 is 0 Å². The number of hydrogen-bond acceptors (Lipinski definition) is 7. The molecule has 2 amide bonds. The highest BCUT2D eigenvalue weighted by Crippen LogP contribution is 2.35. The molecule has 10 heteroatoms. The first-order valence-corrected chi connectivity index (χ1v) is 10.6. The van der Waals surface area contributed by atoms with Crippen LogP contribution in [0.2, 0.25) is 5.02 Å². The van der Waals surface area contributed by atoms with Crippen LogP contribution in [0, 0.1) is 10.1 Å². The number of nitro groups is 1. The zero-order valence-corrected chi connectivity index (χ0v) is 18.0. The second kappa shape index (κ2) is 9.29. The highest BCUT2D eigenvalue weighted by molar-refractivity contribution is 8.18. The SMILES string of the molecule is O=C1S/C(=C\c2ccc(-c3ccccc3[N+](=O)[O-])o2)C(=O)N1CCOc1ccccc1Cl. The molecule has 0 bridgehead atoms. The Hall–Kier alpha value is -3.56. The minimum atomic E-state index is -0.492. The van der Waals surface area contributed by atoms with Crippen molar-refractivity contribution in [3.8, 4) is 17.1 Å². The third-order valence-electron chi connectivity index (χ3n) is 4.55.